The molecule has 1 fully saturated rings. The number of rotatable bonds is 2. The summed E-state index contributed by atoms with van der Waals surface area (Å²) in [5, 5.41) is 4.01. The van der Waals surface area contributed by atoms with Crippen LogP contribution in [0.4, 0.5) is 0 Å². The molecule has 1 aliphatic carbocycles. The molecule has 1 atom stereocenters. The van der Waals surface area contributed by atoms with Crippen molar-refractivity contribution < 1.29 is 14.3 Å². The Balaban J connectivity index is 2.19. The van der Waals surface area contributed by atoms with E-state index in [1.807, 2.05) is 0 Å². The van der Waals surface area contributed by atoms with Gasteiger partial charge in [0.25, 0.3) is 0 Å². The highest BCUT2D eigenvalue weighted by Crippen LogP contribution is 2.25. The van der Waals surface area contributed by atoms with Gasteiger partial charge in [-0.25, -0.2) is 4.79 Å². The number of methoxy groups -OCH3 is 1. The van der Waals surface area contributed by atoms with Crippen molar-refractivity contribution in [3.63, 3.8) is 0 Å². The summed E-state index contributed by atoms with van der Waals surface area (Å²) < 4.78 is 6.12. The van der Waals surface area contributed by atoms with Crippen molar-refractivity contribution in [2.75, 3.05) is 7.11 Å². The van der Waals surface area contributed by atoms with Gasteiger partial charge in [0, 0.05) is 12.6 Å². The van der Waals surface area contributed by atoms with E-state index in [4.69, 9.17) is 0 Å². The molecule has 15 heavy (non-hydrogen) atoms. The first kappa shape index (κ1) is 9.89. The van der Waals surface area contributed by atoms with Crippen LogP contribution in [0.1, 0.15) is 35.7 Å². The summed E-state index contributed by atoms with van der Waals surface area (Å²) in [6.45, 7) is 0. The highest BCUT2D eigenvalue weighted by atomic mass is 16.5. The number of Topliss-reactive ketones (excluding diaryl/α,β-unsaturated/α-hetero) is 1. The maximum Gasteiger partial charge on any atom is 0.341 e. The first-order chi connectivity index (χ1) is 7.22. The van der Waals surface area contributed by atoms with Crippen molar-refractivity contribution in [1.82, 2.24) is 9.78 Å². The van der Waals surface area contributed by atoms with Crippen LogP contribution in [-0.2, 0) is 9.53 Å². The summed E-state index contributed by atoms with van der Waals surface area (Å²) in [5.74, 6) is -0.235. The first-order valence-corrected chi connectivity index (χ1v) is 4.87. The van der Waals surface area contributed by atoms with E-state index in [0.717, 1.165) is 12.8 Å². The van der Waals surface area contributed by atoms with Gasteiger partial charge in [-0.05, 0) is 12.8 Å². The van der Waals surface area contributed by atoms with Crippen LogP contribution in [0.5, 0.6) is 0 Å². The van der Waals surface area contributed by atoms with Gasteiger partial charge in [-0.3, -0.25) is 9.48 Å². The summed E-state index contributed by atoms with van der Waals surface area (Å²) in [4.78, 5) is 22.6. The molecule has 0 aromatic carbocycles. The molecular weight excluding hydrogens is 196 g/mol. The van der Waals surface area contributed by atoms with Gasteiger partial charge in [-0.2, -0.15) is 5.10 Å². The van der Waals surface area contributed by atoms with Crippen molar-refractivity contribution in [3.8, 4) is 0 Å². The van der Waals surface area contributed by atoms with Crippen molar-refractivity contribution in [1.29, 1.82) is 0 Å². The second-order valence-corrected chi connectivity index (χ2v) is 3.57. The van der Waals surface area contributed by atoms with Crippen molar-refractivity contribution >= 4 is 11.8 Å². The molecule has 0 aliphatic heterocycles. The summed E-state index contributed by atoms with van der Waals surface area (Å²) >= 11 is 0. The fourth-order valence-corrected chi connectivity index (χ4v) is 1.81. The third-order valence-corrected chi connectivity index (χ3v) is 2.61. The van der Waals surface area contributed by atoms with Gasteiger partial charge < -0.3 is 4.74 Å². The van der Waals surface area contributed by atoms with Crippen LogP contribution in [-0.4, -0.2) is 28.6 Å². The molecule has 0 spiro atoms. The number of aromatic nitrogens is 2. The normalized spacial score (nSPS) is 20.6. The molecule has 1 heterocycles. The Morgan fingerprint density at radius 2 is 2.47 bits per heavy atom. The van der Waals surface area contributed by atoms with Crippen LogP contribution in [0, 0.1) is 0 Å². The highest BCUT2D eigenvalue weighted by Gasteiger charge is 2.27. The van der Waals surface area contributed by atoms with Gasteiger partial charge >= 0.3 is 5.97 Å². The molecule has 5 nitrogen and oxygen atoms in total. The number of ether oxygens (including phenoxy) is 1. The molecule has 5 heteroatoms. The molecular formula is C10H12N2O3. The predicted octanol–water partition coefficient (Wildman–Crippen LogP) is 0.964. The van der Waals surface area contributed by atoms with Crippen LogP contribution >= 0.6 is 0 Å². The largest absolute Gasteiger partial charge is 0.465 e. The van der Waals surface area contributed by atoms with E-state index in [2.05, 4.69) is 9.84 Å². The number of esters is 1. The Kier molecular flexibility index (Phi) is 2.53. The van der Waals surface area contributed by atoms with Gasteiger partial charge in [0.2, 0.25) is 0 Å². The number of nitrogens with zero attached hydrogens (tertiary/aromatic N) is 2. The third-order valence-electron chi connectivity index (χ3n) is 2.61. The molecule has 0 amide bonds. The Labute approximate surface area is 87.0 Å². The average Bonchev–Trinajstić information content (AvgIpc) is 2.84. The highest BCUT2D eigenvalue weighted by molar-refractivity contribution is 5.89. The molecule has 0 N–H and O–H groups in total. The lowest BCUT2D eigenvalue weighted by Gasteiger charge is -2.06. The molecule has 0 saturated heterocycles. The minimum Gasteiger partial charge on any atom is -0.465 e. The maximum atomic E-state index is 11.4. The van der Waals surface area contributed by atoms with Gasteiger partial charge in [-0.15, -0.1) is 0 Å². The molecule has 0 bridgehead atoms. The standard InChI is InChI=1S/C10H12N2O3/c1-15-10(14)7-5-11-12(6-7)8-3-2-4-9(8)13/h5-6,8H,2-4H2,1H3. The summed E-state index contributed by atoms with van der Waals surface area (Å²) in [5.41, 5.74) is 0.386. The Morgan fingerprint density at radius 3 is 3.07 bits per heavy atom. The number of carbonyl (C=O) groups excluding carboxylic acids is 2. The summed E-state index contributed by atoms with van der Waals surface area (Å²) in [7, 11) is 1.32. The van der Waals surface area contributed by atoms with E-state index in [0.29, 0.717) is 12.0 Å². The van der Waals surface area contributed by atoms with E-state index in [1.54, 1.807) is 10.9 Å². The van der Waals surface area contributed by atoms with E-state index in [1.165, 1.54) is 13.3 Å². The lowest BCUT2D eigenvalue weighted by Crippen LogP contribution is -2.13. The number of ketones is 1. The molecule has 1 aromatic heterocycles. The lowest BCUT2D eigenvalue weighted by atomic mass is 10.2. The van der Waals surface area contributed by atoms with Crippen molar-refractivity contribution in [3.05, 3.63) is 18.0 Å². The molecule has 1 saturated carbocycles. The smallest absolute Gasteiger partial charge is 0.341 e. The Morgan fingerprint density at radius 1 is 1.67 bits per heavy atom. The van der Waals surface area contributed by atoms with Crippen LogP contribution in [0.2, 0.25) is 0 Å². The van der Waals surface area contributed by atoms with Gasteiger partial charge in [0.15, 0.2) is 5.78 Å². The number of hydrogen-bond donors (Lipinski definition) is 0. The van der Waals surface area contributed by atoms with E-state index in [-0.39, 0.29) is 11.8 Å². The van der Waals surface area contributed by atoms with Gasteiger partial charge in [-0.1, -0.05) is 0 Å². The van der Waals surface area contributed by atoms with E-state index < -0.39 is 5.97 Å². The maximum absolute atomic E-state index is 11.4. The second-order valence-electron chi connectivity index (χ2n) is 3.57. The zero-order chi connectivity index (χ0) is 10.8. The number of hydrogen-bond acceptors (Lipinski definition) is 4. The van der Waals surface area contributed by atoms with Gasteiger partial charge in [0.05, 0.1) is 18.9 Å². The SMILES string of the molecule is COC(=O)c1cnn(C2CCCC2=O)c1. The second kappa shape index (κ2) is 3.84. The fourth-order valence-electron chi connectivity index (χ4n) is 1.81. The predicted molar refractivity (Wildman–Crippen MR) is 51.5 cm³/mol. The zero-order valence-corrected chi connectivity index (χ0v) is 8.47. The van der Waals surface area contributed by atoms with E-state index >= 15 is 0 Å². The lowest BCUT2D eigenvalue weighted by molar-refractivity contribution is -0.120. The molecule has 0 radical (unpaired) electrons. The first-order valence-electron chi connectivity index (χ1n) is 4.87. The molecule has 1 unspecified atom stereocenters. The average molecular weight is 208 g/mol. The molecule has 80 valence electrons. The monoisotopic (exact) mass is 208 g/mol. The van der Waals surface area contributed by atoms with Gasteiger partial charge in [0.1, 0.15) is 6.04 Å². The summed E-state index contributed by atoms with van der Waals surface area (Å²) in [6, 6.07) is -0.191. The molecule has 1 aliphatic rings. The van der Waals surface area contributed by atoms with Crippen LogP contribution in [0.3, 0.4) is 0 Å². The zero-order valence-electron chi connectivity index (χ0n) is 8.47. The topological polar surface area (TPSA) is 61.2 Å². The van der Waals surface area contributed by atoms with Crippen molar-refractivity contribution in [2.24, 2.45) is 0 Å². The summed E-state index contributed by atoms with van der Waals surface area (Å²) in [6.07, 6.45) is 5.31. The number of carbonyl (C=O) groups is 2. The van der Waals surface area contributed by atoms with Crippen LogP contribution < -0.4 is 0 Å². The quantitative estimate of drug-likeness (QED) is 0.679. The minimum absolute atomic E-state index is 0.189. The third kappa shape index (κ3) is 1.77. The van der Waals surface area contributed by atoms with Crippen LogP contribution in [0.15, 0.2) is 12.4 Å². The van der Waals surface area contributed by atoms with Crippen molar-refractivity contribution in [2.45, 2.75) is 25.3 Å². The Hall–Kier alpha value is -1.65. The van der Waals surface area contributed by atoms with E-state index in [9.17, 15) is 9.59 Å². The fraction of sp³-hybridized carbons (Fsp3) is 0.500. The Bertz CT molecular complexity index is 397. The molecule has 1 aromatic rings. The van der Waals surface area contributed by atoms with Crippen LogP contribution in [0.25, 0.3) is 0 Å². The minimum atomic E-state index is -0.424. The molecule has 2 rings (SSSR count).